The van der Waals surface area contributed by atoms with Gasteiger partial charge in [0.2, 0.25) is 5.91 Å². The first kappa shape index (κ1) is 23.6. The molecule has 0 bridgehead atoms. The Labute approximate surface area is 194 Å². The number of amides is 1. The number of rotatable bonds is 7. The summed E-state index contributed by atoms with van der Waals surface area (Å²) in [4.78, 5) is 27.5. The topological polar surface area (TPSA) is 57.6 Å². The predicted molar refractivity (Wildman–Crippen MR) is 125 cm³/mol. The number of benzene rings is 2. The first-order valence-corrected chi connectivity index (χ1v) is 11.5. The van der Waals surface area contributed by atoms with Crippen molar-refractivity contribution in [1.29, 1.82) is 0 Å². The van der Waals surface area contributed by atoms with Gasteiger partial charge in [0, 0.05) is 22.0 Å². The number of hydrogen-bond donors (Lipinski definition) is 1. The first-order valence-electron chi connectivity index (χ1n) is 10.8. The Balaban J connectivity index is 2.22. The van der Waals surface area contributed by atoms with Crippen LogP contribution in [0.3, 0.4) is 0 Å². The summed E-state index contributed by atoms with van der Waals surface area (Å²) >= 11 is 12.5. The van der Waals surface area contributed by atoms with E-state index in [4.69, 9.17) is 23.2 Å². The molecule has 3 rings (SSSR count). The zero-order chi connectivity index (χ0) is 22.8. The van der Waals surface area contributed by atoms with Gasteiger partial charge in [-0.05, 0) is 54.7 Å². The molecular weight excluding hydrogens is 433 g/mol. The molecule has 2 aromatic carbocycles. The van der Waals surface area contributed by atoms with Crippen LogP contribution < -0.4 is 0 Å². The molecule has 2 unspecified atom stereocenters. The number of piperidine rings is 1. The van der Waals surface area contributed by atoms with Gasteiger partial charge in [-0.2, -0.15) is 0 Å². The van der Waals surface area contributed by atoms with E-state index >= 15 is 0 Å². The summed E-state index contributed by atoms with van der Waals surface area (Å²) in [5, 5.41) is 10.9. The van der Waals surface area contributed by atoms with Gasteiger partial charge in [-0.3, -0.25) is 9.59 Å². The van der Waals surface area contributed by atoms with Gasteiger partial charge >= 0.3 is 5.97 Å². The third kappa shape index (κ3) is 4.91. The van der Waals surface area contributed by atoms with Crippen molar-refractivity contribution in [3.8, 4) is 0 Å². The maximum atomic E-state index is 13.8. The van der Waals surface area contributed by atoms with E-state index in [-0.39, 0.29) is 30.3 Å². The fourth-order valence-corrected chi connectivity index (χ4v) is 5.29. The SMILES string of the molecule is CCC(CC)N1C(=O)[C@@](C)(CC(=O)O)CC(c2cccc(Cl)c2)C1c1ccc(Cl)cc1. The summed E-state index contributed by atoms with van der Waals surface area (Å²) in [7, 11) is 0. The molecule has 0 radical (unpaired) electrons. The number of carbonyl (C=O) groups is 2. The Kier molecular flexibility index (Phi) is 7.33. The molecule has 2 aromatic rings. The van der Waals surface area contributed by atoms with Crippen LogP contribution in [0.5, 0.6) is 0 Å². The summed E-state index contributed by atoms with van der Waals surface area (Å²) in [6, 6.07) is 15.1. The van der Waals surface area contributed by atoms with Crippen molar-refractivity contribution in [2.24, 2.45) is 5.41 Å². The fraction of sp³-hybridized carbons (Fsp3) is 0.440. The zero-order valence-electron chi connectivity index (χ0n) is 18.1. The highest BCUT2D eigenvalue weighted by Crippen LogP contribution is 2.52. The monoisotopic (exact) mass is 461 g/mol. The third-order valence-corrected chi connectivity index (χ3v) is 6.95. The van der Waals surface area contributed by atoms with Crippen LogP contribution in [0.15, 0.2) is 48.5 Å². The molecule has 0 spiro atoms. The Bertz CT molecular complexity index is 942. The van der Waals surface area contributed by atoms with Gasteiger partial charge in [0.25, 0.3) is 0 Å². The van der Waals surface area contributed by atoms with Crippen molar-refractivity contribution in [1.82, 2.24) is 4.90 Å². The van der Waals surface area contributed by atoms with Crippen LogP contribution in [0.4, 0.5) is 0 Å². The van der Waals surface area contributed by atoms with Crippen LogP contribution in [-0.2, 0) is 9.59 Å². The van der Waals surface area contributed by atoms with Crippen LogP contribution in [0.25, 0.3) is 0 Å². The van der Waals surface area contributed by atoms with Gasteiger partial charge < -0.3 is 10.0 Å². The van der Waals surface area contributed by atoms with Gasteiger partial charge in [-0.25, -0.2) is 0 Å². The lowest BCUT2D eigenvalue weighted by Gasteiger charge is -2.51. The second kappa shape index (κ2) is 9.62. The van der Waals surface area contributed by atoms with E-state index in [2.05, 4.69) is 13.8 Å². The second-order valence-corrected chi connectivity index (χ2v) is 9.55. The van der Waals surface area contributed by atoms with Gasteiger partial charge in [-0.15, -0.1) is 0 Å². The van der Waals surface area contributed by atoms with Crippen LogP contribution in [0.2, 0.25) is 10.0 Å². The lowest BCUT2D eigenvalue weighted by molar-refractivity contribution is -0.160. The van der Waals surface area contributed by atoms with E-state index in [0.29, 0.717) is 16.5 Å². The minimum atomic E-state index is -0.996. The van der Waals surface area contributed by atoms with Crippen LogP contribution in [0.1, 0.15) is 69.5 Å². The highest BCUT2D eigenvalue weighted by Gasteiger charge is 2.51. The molecule has 4 nitrogen and oxygen atoms in total. The zero-order valence-corrected chi connectivity index (χ0v) is 19.7. The average Bonchev–Trinajstić information content (AvgIpc) is 2.72. The van der Waals surface area contributed by atoms with Gasteiger partial charge in [0.1, 0.15) is 0 Å². The number of nitrogens with zero attached hydrogens (tertiary/aromatic N) is 1. The molecule has 31 heavy (non-hydrogen) atoms. The maximum Gasteiger partial charge on any atom is 0.304 e. The molecule has 1 N–H and O–H groups in total. The van der Waals surface area contributed by atoms with Crippen molar-refractivity contribution in [3.05, 3.63) is 69.7 Å². The third-order valence-electron chi connectivity index (χ3n) is 6.47. The standard InChI is InChI=1S/C25H29Cl2NO3/c1-4-20(5-2)28-23(16-9-11-18(26)12-10-16)21(17-7-6-8-19(27)13-17)14-25(3,24(28)31)15-22(29)30/h6-13,20-21,23H,4-5,14-15H2,1-3H3,(H,29,30)/t21?,23?,25-/m1/s1. The molecule has 1 aliphatic heterocycles. The molecule has 0 aromatic heterocycles. The predicted octanol–water partition coefficient (Wildman–Crippen LogP) is 6.72. The van der Waals surface area contributed by atoms with Gasteiger partial charge in [0.15, 0.2) is 0 Å². The summed E-state index contributed by atoms with van der Waals surface area (Å²) in [5.74, 6) is -1.15. The van der Waals surface area contributed by atoms with Crippen molar-refractivity contribution in [2.45, 2.75) is 64.5 Å². The molecule has 1 aliphatic rings. The van der Waals surface area contributed by atoms with E-state index in [1.807, 2.05) is 53.4 Å². The van der Waals surface area contributed by atoms with E-state index < -0.39 is 11.4 Å². The normalized spacial score (nSPS) is 23.9. The number of likely N-dealkylation sites (tertiary alicyclic amines) is 1. The maximum absolute atomic E-state index is 13.8. The van der Waals surface area contributed by atoms with E-state index in [1.165, 1.54) is 0 Å². The van der Waals surface area contributed by atoms with Crippen molar-refractivity contribution in [3.63, 3.8) is 0 Å². The minimum Gasteiger partial charge on any atom is -0.481 e. The van der Waals surface area contributed by atoms with E-state index in [1.54, 1.807) is 6.92 Å². The lowest BCUT2D eigenvalue weighted by Crippen LogP contribution is -2.55. The molecule has 1 saturated heterocycles. The molecule has 0 aliphatic carbocycles. The van der Waals surface area contributed by atoms with Crippen LogP contribution >= 0.6 is 23.2 Å². The molecule has 3 atom stereocenters. The summed E-state index contributed by atoms with van der Waals surface area (Å²) < 4.78 is 0. The highest BCUT2D eigenvalue weighted by molar-refractivity contribution is 6.30. The summed E-state index contributed by atoms with van der Waals surface area (Å²) in [6.07, 6.45) is 1.81. The number of carboxylic acid groups (broad SMARTS) is 1. The molecular formula is C25H29Cl2NO3. The Hall–Kier alpha value is -2.04. The quantitative estimate of drug-likeness (QED) is 0.497. The summed E-state index contributed by atoms with van der Waals surface area (Å²) in [5.41, 5.74) is 1.00. The van der Waals surface area contributed by atoms with E-state index in [0.717, 1.165) is 24.0 Å². The van der Waals surface area contributed by atoms with Crippen LogP contribution in [-0.4, -0.2) is 27.9 Å². The van der Waals surface area contributed by atoms with Crippen molar-refractivity contribution in [2.75, 3.05) is 0 Å². The lowest BCUT2D eigenvalue weighted by atomic mass is 9.67. The number of carbonyl (C=O) groups excluding carboxylic acids is 1. The summed E-state index contributed by atoms with van der Waals surface area (Å²) in [6.45, 7) is 5.92. The molecule has 0 saturated carbocycles. The Morgan fingerprint density at radius 3 is 2.29 bits per heavy atom. The van der Waals surface area contributed by atoms with E-state index in [9.17, 15) is 14.7 Å². The second-order valence-electron chi connectivity index (χ2n) is 8.68. The smallest absolute Gasteiger partial charge is 0.304 e. The number of carboxylic acids is 1. The van der Waals surface area contributed by atoms with Crippen molar-refractivity contribution >= 4 is 35.1 Å². The van der Waals surface area contributed by atoms with Crippen molar-refractivity contribution < 1.29 is 14.7 Å². The molecule has 1 fully saturated rings. The van der Waals surface area contributed by atoms with Gasteiger partial charge in [0.05, 0.1) is 17.9 Å². The Morgan fingerprint density at radius 1 is 1.10 bits per heavy atom. The average molecular weight is 462 g/mol. The molecule has 1 amide bonds. The number of halogens is 2. The Morgan fingerprint density at radius 2 is 1.74 bits per heavy atom. The van der Waals surface area contributed by atoms with Crippen LogP contribution in [0, 0.1) is 5.41 Å². The number of hydrogen-bond acceptors (Lipinski definition) is 2. The molecule has 166 valence electrons. The largest absolute Gasteiger partial charge is 0.481 e. The highest BCUT2D eigenvalue weighted by atomic mass is 35.5. The minimum absolute atomic E-state index is 0.00304. The first-order chi connectivity index (χ1) is 14.7. The molecule has 1 heterocycles. The van der Waals surface area contributed by atoms with Gasteiger partial charge in [-0.1, -0.05) is 68.2 Å². The fourth-order valence-electron chi connectivity index (χ4n) is 4.96. The number of aliphatic carboxylic acids is 1. The molecule has 6 heteroatoms.